The van der Waals surface area contributed by atoms with Gasteiger partial charge in [0.25, 0.3) is 0 Å². The second kappa shape index (κ2) is 6.94. The zero-order valence-corrected chi connectivity index (χ0v) is 13.6. The number of ether oxygens (including phenoxy) is 2. The molecule has 0 aliphatic carbocycles. The van der Waals surface area contributed by atoms with E-state index in [0.29, 0.717) is 33.3 Å². The van der Waals surface area contributed by atoms with Gasteiger partial charge in [0, 0.05) is 9.45 Å². The molecule has 5 nitrogen and oxygen atoms in total. The molecule has 1 aromatic heterocycles. The summed E-state index contributed by atoms with van der Waals surface area (Å²) in [5.74, 6) is 0.531. The summed E-state index contributed by atoms with van der Waals surface area (Å²) >= 11 is 8.04. The van der Waals surface area contributed by atoms with Crippen LogP contribution in [-0.4, -0.2) is 22.8 Å². The molecule has 0 saturated carbocycles. The van der Waals surface area contributed by atoms with E-state index in [-0.39, 0.29) is 5.69 Å². The lowest BCUT2D eigenvalue weighted by atomic mass is 10.2. The Morgan fingerprint density at radius 3 is 2.95 bits per heavy atom. The number of H-pyrrole nitrogens is 1. The van der Waals surface area contributed by atoms with Crippen molar-refractivity contribution in [3.8, 4) is 11.6 Å². The Kier molecular flexibility index (Phi) is 5.24. The van der Waals surface area contributed by atoms with Crippen molar-refractivity contribution >= 4 is 40.2 Å². The minimum atomic E-state index is -0.462. The first-order valence-electron chi connectivity index (χ1n) is 5.89. The number of nitrogens with zero attached hydrogens (tertiary/aromatic N) is 1. The average molecular weight is 407 g/mol. The van der Waals surface area contributed by atoms with E-state index in [4.69, 9.17) is 21.1 Å². The van der Waals surface area contributed by atoms with E-state index in [2.05, 4.69) is 32.8 Å². The second-order valence-electron chi connectivity index (χ2n) is 3.79. The van der Waals surface area contributed by atoms with Crippen molar-refractivity contribution in [2.24, 2.45) is 0 Å². The van der Waals surface area contributed by atoms with Crippen molar-refractivity contribution in [1.82, 2.24) is 10.2 Å². The molecule has 1 N–H and O–H groups in total. The Labute approximate surface area is 134 Å². The Bertz CT molecular complexity index is 615. The Hall–Kier alpha value is -1.28. The first kappa shape index (κ1) is 15.1. The van der Waals surface area contributed by atoms with Crippen LogP contribution in [0.5, 0.6) is 11.6 Å². The Morgan fingerprint density at radius 2 is 2.30 bits per heavy atom. The molecule has 0 saturated heterocycles. The van der Waals surface area contributed by atoms with Crippen LogP contribution in [0.4, 0.5) is 0 Å². The predicted octanol–water partition coefficient (Wildman–Crippen LogP) is 3.97. The van der Waals surface area contributed by atoms with Gasteiger partial charge in [0.05, 0.1) is 12.2 Å². The van der Waals surface area contributed by atoms with Crippen LogP contribution in [0.2, 0.25) is 5.02 Å². The zero-order chi connectivity index (χ0) is 14.5. The fraction of sp³-hybridized carbons (Fsp3) is 0.231. The van der Waals surface area contributed by atoms with Gasteiger partial charge in [-0.3, -0.25) is 0 Å². The minimum absolute atomic E-state index is 0.248. The van der Waals surface area contributed by atoms with Gasteiger partial charge >= 0.3 is 5.97 Å². The number of hydrogen-bond donors (Lipinski definition) is 1. The molecule has 0 radical (unpaired) electrons. The van der Waals surface area contributed by atoms with E-state index in [0.717, 1.165) is 0 Å². The summed E-state index contributed by atoms with van der Waals surface area (Å²) in [7, 11) is 0. The number of nitrogens with one attached hydrogen (secondary N) is 1. The summed E-state index contributed by atoms with van der Waals surface area (Å²) in [6, 6.07) is 6.99. The summed E-state index contributed by atoms with van der Waals surface area (Å²) in [5, 5.41) is 7.25. The number of aromatic nitrogens is 2. The number of carbonyl (C=O) groups is 1. The normalized spacial score (nSPS) is 10.3. The van der Waals surface area contributed by atoms with Crippen molar-refractivity contribution in [3.05, 3.63) is 40.5 Å². The van der Waals surface area contributed by atoms with Crippen LogP contribution in [0, 0.1) is 0 Å². The first-order chi connectivity index (χ1) is 9.65. The molecular formula is C13H12ClIN2O3. The minimum Gasteiger partial charge on any atom is -0.461 e. The quantitative estimate of drug-likeness (QED) is 0.464. The van der Waals surface area contributed by atoms with E-state index in [1.165, 1.54) is 0 Å². The Balaban J connectivity index is 2.27. The maximum absolute atomic E-state index is 11.8. The van der Waals surface area contributed by atoms with Crippen LogP contribution in [0.15, 0.2) is 24.3 Å². The van der Waals surface area contributed by atoms with Gasteiger partial charge in [0.1, 0.15) is 5.75 Å². The maximum atomic E-state index is 11.8. The SMILES string of the molecule is CCOC(=O)c1n[nH]c(Oc2cccc(Cl)c2)c1CI. The molecule has 7 heteroatoms. The van der Waals surface area contributed by atoms with Gasteiger partial charge in [-0.25, -0.2) is 9.89 Å². The summed E-state index contributed by atoms with van der Waals surface area (Å²) < 4.78 is 11.2. The number of esters is 1. The van der Waals surface area contributed by atoms with E-state index in [1.807, 2.05) is 0 Å². The van der Waals surface area contributed by atoms with E-state index in [1.54, 1.807) is 31.2 Å². The van der Waals surface area contributed by atoms with Crippen molar-refractivity contribution in [2.75, 3.05) is 6.61 Å². The molecule has 1 heterocycles. The van der Waals surface area contributed by atoms with Crippen molar-refractivity contribution < 1.29 is 14.3 Å². The lowest BCUT2D eigenvalue weighted by molar-refractivity contribution is 0.0518. The number of hydrogen-bond acceptors (Lipinski definition) is 4. The number of carbonyl (C=O) groups excluding carboxylic acids is 1. The highest BCUT2D eigenvalue weighted by Gasteiger charge is 2.21. The molecule has 2 aromatic rings. The van der Waals surface area contributed by atoms with Crippen LogP contribution < -0.4 is 4.74 Å². The van der Waals surface area contributed by atoms with Gasteiger partial charge in [-0.15, -0.1) is 0 Å². The second-order valence-corrected chi connectivity index (χ2v) is 4.99. The van der Waals surface area contributed by atoms with E-state index >= 15 is 0 Å². The number of halogens is 2. The largest absolute Gasteiger partial charge is 0.461 e. The lowest BCUT2D eigenvalue weighted by Crippen LogP contribution is -2.07. The van der Waals surface area contributed by atoms with Crippen LogP contribution in [0.3, 0.4) is 0 Å². The third-order valence-electron chi connectivity index (χ3n) is 2.45. The molecule has 1 aromatic carbocycles. The van der Waals surface area contributed by atoms with E-state index in [9.17, 15) is 4.79 Å². The predicted molar refractivity (Wildman–Crippen MR) is 83.8 cm³/mol. The molecule has 20 heavy (non-hydrogen) atoms. The van der Waals surface area contributed by atoms with Gasteiger partial charge in [-0.05, 0) is 25.1 Å². The van der Waals surface area contributed by atoms with Gasteiger partial charge in [-0.2, -0.15) is 5.10 Å². The lowest BCUT2D eigenvalue weighted by Gasteiger charge is -2.05. The first-order valence-corrected chi connectivity index (χ1v) is 7.79. The number of rotatable bonds is 5. The fourth-order valence-electron chi connectivity index (χ4n) is 1.57. The molecule has 106 valence electrons. The maximum Gasteiger partial charge on any atom is 0.359 e. The molecule has 0 bridgehead atoms. The topological polar surface area (TPSA) is 64.2 Å². The summed E-state index contributed by atoms with van der Waals surface area (Å²) in [6.45, 7) is 2.05. The van der Waals surface area contributed by atoms with Crippen LogP contribution in [0.25, 0.3) is 0 Å². The van der Waals surface area contributed by atoms with Crippen molar-refractivity contribution in [3.63, 3.8) is 0 Å². The highest BCUT2D eigenvalue weighted by Crippen LogP contribution is 2.29. The molecule has 0 aliphatic heterocycles. The monoisotopic (exact) mass is 406 g/mol. The third-order valence-corrected chi connectivity index (χ3v) is 3.45. The van der Waals surface area contributed by atoms with Crippen LogP contribution >= 0.6 is 34.2 Å². The summed E-state index contributed by atoms with van der Waals surface area (Å²) in [5.41, 5.74) is 0.919. The van der Waals surface area contributed by atoms with Crippen molar-refractivity contribution in [2.45, 2.75) is 11.4 Å². The van der Waals surface area contributed by atoms with Gasteiger partial charge in [0.15, 0.2) is 5.69 Å². The molecule has 0 aliphatic rings. The van der Waals surface area contributed by atoms with Gasteiger partial charge in [-0.1, -0.05) is 40.3 Å². The summed E-state index contributed by atoms with van der Waals surface area (Å²) in [4.78, 5) is 11.8. The van der Waals surface area contributed by atoms with Gasteiger partial charge < -0.3 is 9.47 Å². The van der Waals surface area contributed by atoms with Crippen LogP contribution in [0.1, 0.15) is 23.0 Å². The fourth-order valence-corrected chi connectivity index (χ4v) is 2.46. The highest BCUT2D eigenvalue weighted by molar-refractivity contribution is 14.1. The molecule has 0 atom stereocenters. The standard InChI is InChI=1S/C13H12ClIN2O3/c1-2-19-13(18)11-10(7-15)12(17-16-11)20-9-5-3-4-8(14)6-9/h3-6H,2,7H2,1H3,(H,16,17). The zero-order valence-electron chi connectivity index (χ0n) is 10.7. The molecule has 0 unspecified atom stereocenters. The highest BCUT2D eigenvalue weighted by atomic mass is 127. The van der Waals surface area contributed by atoms with E-state index < -0.39 is 5.97 Å². The Morgan fingerprint density at radius 1 is 1.50 bits per heavy atom. The van der Waals surface area contributed by atoms with Crippen molar-refractivity contribution in [1.29, 1.82) is 0 Å². The molecule has 0 amide bonds. The number of benzene rings is 1. The molecule has 0 spiro atoms. The number of alkyl halides is 1. The average Bonchev–Trinajstić information content (AvgIpc) is 2.82. The number of aromatic amines is 1. The molecule has 0 fully saturated rings. The molecule has 2 rings (SSSR count). The third kappa shape index (κ3) is 3.43. The smallest absolute Gasteiger partial charge is 0.359 e. The van der Waals surface area contributed by atoms with Crippen LogP contribution in [-0.2, 0) is 9.16 Å². The molecular weight excluding hydrogens is 395 g/mol. The van der Waals surface area contributed by atoms with Gasteiger partial charge in [0.2, 0.25) is 5.88 Å². The summed E-state index contributed by atoms with van der Waals surface area (Å²) in [6.07, 6.45) is 0.